The summed E-state index contributed by atoms with van der Waals surface area (Å²) in [5.74, 6) is 4.39. The van der Waals surface area contributed by atoms with E-state index in [9.17, 15) is 23.1 Å². The summed E-state index contributed by atoms with van der Waals surface area (Å²) in [6, 6.07) is 18.7. The SMILES string of the molecule is CC(CO)(Cc1c[nH]c2ccccc12)NC(=O)c1cc(C#Cc2cncc3ccccc23)ccc1OC(F)(F)F. The van der Waals surface area contributed by atoms with Gasteiger partial charge in [0.25, 0.3) is 5.91 Å². The van der Waals surface area contributed by atoms with Crippen LogP contribution in [0.1, 0.15) is 34.0 Å². The molecule has 5 rings (SSSR count). The summed E-state index contributed by atoms with van der Waals surface area (Å²) in [5, 5.41) is 15.6. The molecule has 2 heterocycles. The maximum atomic E-state index is 13.4. The molecule has 6 nitrogen and oxygen atoms in total. The van der Waals surface area contributed by atoms with Crippen LogP contribution >= 0.6 is 0 Å². The Hall–Kier alpha value is -4.81. The fraction of sp³-hybridized carbons (Fsp3) is 0.161. The van der Waals surface area contributed by atoms with Crippen molar-refractivity contribution in [2.24, 2.45) is 0 Å². The highest BCUT2D eigenvalue weighted by atomic mass is 19.4. The van der Waals surface area contributed by atoms with Gasteiger partial charge in [0.05, 0.1) is 23.3 Å². The van der Waals surface area contributed by atoms with Crippen LogP contribution in [0.5, 0.6) is 5.75 Å². The molecular formula is C31H24F3N3O3. The van der Waals surface area contributed by atoms with Gasteiger partial charge in [0.2, 0.25) is 0 Å². The molecule has 202 valence electrons. The van der Waals surface area contributed by atoms with Gasteiger partial charge >= 0.3 is 6.36 Å². The molecule has 0 saturated heterocycles. The van der Waals surface area contributed by atoms with Crippen LogP contribution in [0, 0.1) is 11.8 Å². The number of fused-ring (bicyclic) bond motifs is 2. The van der Waals surface area contributed by atoms with Crippen LogP contribution in [0.3, 0.4) is 0 Å². The van der Waals surface area contributed by atoms with E-state index in [0.29, 0.717) is 11.1 Å². The number of aromatic amines is 1. The van der Waals surface area contributed by atoms with Crippen molar-refractivity contribution in [2.75, 3.05) is 6.61 Å². The average molecular weight is 544 g/mol. The number of nitrogens with zero attached hydrogens (tertiary/aromatic N) is 1. The Morgan fingerprint density at radius 2 is 1.77 bits per heavy atom. The number of hydrogen-bond donors (Lipinski definition) is 3. The molecule has 0 radical (unpaired) electrons. The van der Waals surface area contributed by atoms with Crippen molar-refractivity contribution in [3.8, 4) is 17.6 Å². The second kappa shape index (κ2) is 10.8. The first-order valence-electron chi connectivity index (χ1n) is 12.4. The molecule has 5 aromatic rings. The predicted octanol–water partition coefficient (Wildman–Crippen LogP) is 5.74. The van der Waals surface area contributed by atoms with Crippen molar-refractivity contribution in [3.05, 3.63) is 108 Å². The maximum Gasteiger partial charge on any atom is 0.573 e. The number of H-pyrrole nitrogens is 1. The highest BCUT2D eigenvalue weighted by Crippen LogP contribution is 2.29. The van der Waals surface area contributed by atoms with Crippen LogP contribution in [0.25, 0.3) is 21.7 Å². The molecule has 1 amide bonds. The van der Waals surface area contributed by atoms with Crippen molar-refractivity contribution in [2.45, 2.75) is 25.2 Å². The fourth-order valence-corrected chi connectivity index (χ4v) is 4.53. The molecule has 0 spiro atoms. The minimum absolute atomic E-state index is 0.224. The monoisotopic (exact) mass is 543 g/mol. The van der Waals surface area contributed by atoms with Crippen molar-refractivity contribution in [3.63, 3.8) is 0 Å². The van der Waals surface area contributed by atoms with E-state index < -0.39 is 30.2 Å². The van der Waals surface area contributed by atoms with E-state index in [2.05, 4.69) is 31.9 Å². The second-order valence-electron chi connectivity index (χ2n) is 9.63. The van der Waals surface area contributed by atoms with E-state index in [1.807, 2.05) is 48.5 Å². The van der Waals surface area contributed by atoms with Crippen LogP contribution in [0.2, 0.25) is 0 Å². The van der Waals surface area contributed by atoms with Crippen molar-refractivity contribution < 1.29 is 27.8 Å². The quantitative estimate of drug-likeness (QED) is 0.239. The molecule has 40 heavy (non-hydrogen) atoms. The number of para-hydroxylation sites is 1. The first kappa shape index (κ1) is 26.8. The van der Waals surface area contributed by atoms with Crippen LogP contribution in [0.15, 0.2) is 85.3 Å². The number of carbonyl (C=O) groups is 1. The normalized spacial score (nSPS) is 12.9. The molecule has 0 aliphatic carbocycles. The number of ether oxygens (including phenoxy) is 1. The molecule has 1 unspecified atom stereocenters. The molecule has 0 saturated carbocycles. The first-order chi connectivity index (χ1) is 19.1. The van der Waals surface area contributed by atoms with Gasteiger partial charge in [-0.2, -0.15) is 0 Å². The molecule has 9 heteroatoms. The molecule has 0 aliphatic heterocycles. The summed E-state index contributed by atoms with van der Waals surface area (Å²) in [4.78, 5) is 20.7. The van der Waals surface area contributed by atoms with Crippen molar-refractivity contribution in [1.82, 2.24) is 15.3 Å². The lowest BCUT2D eigenvalue weighted by Gasteiger charge is -2.29. The highest BCUT2D eigenvalue weighted by Gasteiger charge is 2.34. The Kier molecular flexibility index (Phi) is 7.20. The Morgan fingerprint density at radius 3 is 2.55 bits per heavy atom. The first-order valence-corrected chi connectivity index (χ1v) is 12.4. The van der Waals surface area contributed by atoms with Gasteiger partial charge in [-0.3, -0.25) is 9.78 Å². The van der Waals surface area contributed by atoms with Gasteiger partial charge in [0.1, 0.15) is 5.75 Å². The number of benzene rings is 3. The van der Waals surface area contributed by atoms with Gasteiger partial charge in [-0.05, 0) is 43.2 Å². The van der Waals surface area contributed by atoms with Gasteiger partial charge in [0, 0.05) is 45.8 Å². The van der Waals surface area contributed by atoms with Gasteiger partial charge in [-0.25, -0.2) is 0 Å². The van der Waals surface area contributed by atoms with Crippen molar-refractivity contribution >= 4 is 27.6 Å². The highest BCUT2D eigenvalue weighted by molar-refractivity contribution is 5.98. The summed E-state index contributed by atoms with van der Waals surface area (Å²) in [5.41, 5.74) is 1.11. The number of amides is 1. The zero-order valence-corrected chi connectivity index (χ0v) is 21.3. The molecule has 3 aromatic carbocycles. The zero-order chi connectivity index (χ0) is 28.3. The number of pyridine rings is 1. The second-order valence-corrected chi connectivity index (χ2v) is 9.63. The number of alkyl halides is 3. The number of aromatic nitrogens is 2. The Morgan fingerprint density at radius 1 is 1.02 bits per heavy atom. The van der Waals surface area contributed by atoms with Gasteiger partial charge < -0.3 is 20.1 Å². The minimum atomic E-state index is -5.01. The Labute approximate surface area is 227 Å². The lowest BCUT2D eigenvalue weighted by molar-refractivity contribution is -0.274. The number of nitrogens with one attached hydrogen (secondary N) is 2. The zero-order valence-electron chi connectivity index (χ0n) is 21.3. The molecule has 1 atom stereocenters. The van der Waals surface area contributed by atoms with Gasteiger partial charge in [-0.15, -0.1) is 13.2 Å². The van der Waals surface area contributed by atoms with E-state index in [-0.39, 0.29) is 12.0 Å². The maximum absolute atomic E-state index is 13.4. The molecule has 0 aliphatic rings. The summed E-state index contributed by atoms with van der Waals surface area (Å²) in [6.45, 7) is 1.16. The Bertz CT molecular complexity index is 1760. The number of rotatable bonds is 6. The summed E-state index contributed by atoms with van der Waals surface area (Å²) < 4.78 is 43.7. The van der Waals surface area contributed by atoms with E-state index in [1.54, 1.807) is 25.5 Å². The van der Waals surface area contributed by atoms with Crippen LogP contribution in [-0.2, 0) is 6.42 Å². The van der Waals surface area contributed by atoms with E-state index >= 15 is 0 Å². The molecule has 2 aromatic heterocycles. The lowest BCUT2D eigenvalue weighted by Crippen LogP contribution is -2.50. The minimum Gasteiger partial charge on any atom is -0.405 e. The summed E-state index contributed by atoms with van der Waals surface area (Å²) >= 11 is 0. The van der Waals surface area contributed by atoms with Crippen LogP contribution < -0.4 is 10.1 Å². The van der Waals surface area contributed by atoms with E-state index in [4.69, 9.17) is 0 Å². The Balaban J connectivity index is 1.47. The van der Waals surface area contributed by atoms with Gasteiger partial charge in [0.15, 0.2) is 0 Å². The summed E-state index contributed by atoms with van der Waals surface area (Å²) in [6.07, 6.45) is 0.299. The molecule has 3 N–H and O–H groups in total. The molecule has 0 fully saturated rings. The summed E-state index contributed by atoms with van der Waals surface area (Å²) in [7, 11) is 0. The predicted molar refractivity (Wildman–Crippen MR) is 146 cm³/mol. The largest absolute Gasteiger partial charge is 0.573 e. The van der Waals surface area contributed by atoms with Crippen LogP contribution in [0.4, 0.5) is 13.2 Å². The van der Waals surface area contributed by atoms with E-state index in [0.717, 1.165) is 33.3 Å². The third kappa shape index (κ3) is 5.92. The standard InChI is InChI=1S/C31H24F3N3O3/c1-30(19-38,15-23-18-36-27-9-5-4-8-25(23)27)37-29(39)26-14-20(11-13-28(26)40-31(32,33)34)10-12-22-17-35-16-21-6-2-3-7-24(21)22/h2-9,11,13-14,16-18,36,38H,15,19H2,1H3,(H,37,39). The smallest absolute Gasteiger partial charge is 0.405 e. The fourth-order valence-electron chi connectivity index (χ4n) is 4.53. The topological polar surface area (TPSA) is 87.2 Å². The third-order valence-electron chi connectivity index (χ3n) is 6.48. The molecule has 0 bridgehead atoms. The van der Waals surface area contributed by atoms with Crippen molar-refractivity contribution in [1.29, 1.82) is 0 Å². The average Bonchev–Trinajstić information content (AvgIpc) is 3.33. The van der Waals surface area contributed by atoms with Crippen LogP contribution in [-0.4, -0.2) is 39.5 Å². The number of halogens is 3. The number of aliphatic hydroxyl groups excluding tert-OH is 1. The lowest BCUT2D eigenvalue weighted by atomic mass is 9.92. The molecular weight excluding hydrogens is 519 g/mol. The number of hydrogen-bond acceptors (Lipinski definition) is 4. The number of aliphatic hydroxyl groups is 1. The van der Waals surface area contributed by atoms with Gasteiger partial charge in [-0.1, -0.05) is 54.3 Å². The number of carbonyl (C=O) groups excluding carboxylic acids is 1. The van der Waals surface area contributed by atoms with E-state index in [1.165, 1.54) is 12.1 Å². The third-order valence-corrected chi connectivity index (χ3v) is 6.48.